The third kappa shape index (κ3) is 2.19. The Bertz CT molecular complexity index is 563. The standard InChI is InChI=1S/C9H7FN2O3S/c10-8-1-3-9(4-2-8)15-16(13,14)12-6-5-11-7-12/h1-7H. The molecule has 16 heavy (non-hydrogen) atoms. The Morgan fingerprint density at radius 1 is 1.25 bits per heavy atom. The Kier molecular flexibility index (Phi) is 2.61. The lowest BCUT2D eigenvalue weighted by Crippen LogP contribution is -2.17. The van der Waals surface area contributed by atoms with Crippen LogP contribution in [0.2, 0.25) is 0 Å². The van der Waals surface area contributed by atoms with Crippen molar-refractivity contribution in [3.63, 3.8) is 0 Å². The normalized spacial score (nSPS) is 11.3. The van der Waals surface area contributed by atoms with Crippen molar-refractivity contribution < 1.29 is 17.0 Å². The van der Waals surface area contributed by atoms with Crippen LogP contribution in [0.4, 0.5) is 4.39 Å². The van der Waals surface area contributed by atoms with E-state index >= 15 is 0 Å². The van der Waals surface area contributed by atoms with Crippen molar-refractivity contribution in [3.05, 3.63) is 48.8 Å². The van der Waals surface area contributed by atoms with Crippen LogP contribution >= 0.6 is 0 Å². The lowest BCUT2D eigenvalue weighted by Gasteiger charge is -2.06. The minimum Gasteiger partial charge on any atom is -0.366 e. The topological polar surface area (TPSA) is 61.2 Å². The molecular formula is C9H7FN2O3S. The summed E-state index contributed by atoms with van der Waals surface area (Å²) in [5.41, 5.74) is 0. The summed E-state index contributed by atoms with van der Waals surface area (Å²) in [5, 5.41) is 0. The highest BCUT2D eigenvalue weighted by Crippen LogP contribution is 2.14. The van der Waals surface area contributed by atoms with Crippen LogP contribution in [-0.2, 0) is 10.3 Å². The first-order valence-electron chi connectivity index (χ1n) is 4.26. The summed E-state index contributed by atoms with van der Waals surface area (Å²) in [5.74, 6) is -0.428. The number of hydrogen-bond acceptors (Lipinski definition) is 4. The van der Waals surface area contributed by atoms with Crippen molar-refractivity contribution >= 4 is 10.3 Å². The predicted molar refractivity (Wildman–Crippen MR) is 53.6 cm³/mol. The Morgan fingerprint density at radius 3 is 2.50 bits per heavy atom. The largest absolute Gasteiger partial charge is 0.414 e. The molecule has 0 aliphatic heterocycles. The van der Waals surface area contributed by atoms with Gasteiger partial charge in [-0.2, -0.15) is 8.42 Å². The third-order valence-corrected chi connectivity index (χ3v) is 2.89. The fraction of sp³-hybridized carbons (Fsp3) is 0. The van der Waals surface area contributed by atoms with E-state index in [4.69, 9.17) is 4.18 Å². The highest BCUT2D eigenvalue weighted by molar-refractivity contribution is 7.85. The van der Waals surface area contributed by atoms with Crippen molar-refractivity contribution in [2.75, 3.05) is 0 Å². The molecule has 0 unspecified atom stereocenters. The Hall–Kier alpha value is -1.89. The molecule has 84 valence electrons. The van der Waals surface area contributed by atoms with Gasteiger partial charge in [-0.1, -0.05) is 0 Å². The summed E-state index contributed by atoms with van der Waals surface area (Å²) in [4.78, 5) is 3.59. The second kappa shape index (κ2) is 3.93. The van der Waals surface area contributed by atoms with Crippen LogP contribution in [-0.4, -0.2) is 17.4 Å². The zero-order valence-electron chi connectivity index (χ0n) is 7.95. The molecule has 0 N–H and O–H groups in total. The van der Waals surface area contributed by atoms with Gasteiger partial charge in [-0.05, 0) is 24.3 Å². The SMILES string of the molecule is O=S(=O)(Oc1ccc(F)cc1)n1ccnc1. The molecule has 0 fully saturated rings. The smallest absolute Gasteiger partial charge is 0.366 e. The summed E-state index contributed by atoms with van der Waals surface area (Å²) in [7, 11) is -3.95. The summed E-state index contributed by atoms with van der Waals surface area (Å²) >= 11 is 0. The van der Waals surface area contributed by atoms with Gasteiger partial charge in [0.1, 0.15) is 17.9 Å². The maximum absolute atomic E-state index is 12.6. The molecule has 0 saturated carbocycles. The first kappa shape index (κ1) is 10.6. The van der Waals surface area contributed by atoms with E-state index in [-0.39, 0.29) is 5.75 Å². The molecule has 2 aromatic rings. The number of benzene rings is 1. The number of hydrogen-bond donors (Lipinski definition) is 0. The molecule has 0 aliphatic rings. The molecule has 5 nitrogen and oxygen atoms in total. The Balaban J connectivity index is 2.25. The summed E-state index contributed by atoms with van der Waals surface area (Å²) in [6, 6.07) is 4.67. The second-order valence-electron chi connectivity index (χ2n) is 2.89. The van der Waals surface area contributed by atoms with Gasteiger partial charge in [0, 0.05) is 12.4 Å². The summed E-state index contributed by atoms with van der Waals surface area (Å²) in [6.07, 6.45) is 3.64. The number of aromatic nitrogens is 2. The first-order chi connectivity index (χ1) is 7.58. The van der Waals surface area contributed by atoms with Gasteiger partial charge in [0.2, 0.25) is 0 Å². The number of imidazole rings is 1. The van der Waals surface area contributed by atoms with E-state index in [0.717, 1.165) is 22.4 Å². The fourth-order valence-corrected chi connectivity index (χ4v) is 1.85. The highest BCUT2D eigenvalue weighted by atomic mass is 32.2. The van der Waals surface area contributed by atoms with Gasteiger partial charge in [-0.25, -0.2) is 13.3 Å². The third-order valence-electron chi connectivity index (χ3n) is 1.75. The van der Waals surface area contributed by atoms with Crippen molar-refractivity contribution in [2.45, 2.75) is 0 Å². The van der Waals surface area contributed by atoms with Crippen LogP contribution in [0, 0.1) is 5.82 Å². The van der Waals surface area contributed by atoms with Crippen LogP contribution in [0.3, 0.4) is 0 Å². The first-order valence-corrected chi connectivity index (χ1v) is 5.63. The van der Waals surface area contributed by atoms with Gasteiger partial charge in [0.25, 0.3) is 0 Å². The van der Waals surface area contributed by atoms with Crippen LogP contribution < -0.4 is 4.18 Å². The molecule has 0 bridgehead atoms. The van der Waals surface area contributed by atoms with Crippen molar-refractivity contribution in [1.82, 2.24) is 8.96 Å². The molecule has 0 radical (unpaired) electrons. The number of rotatable bonds is 3. The van der Waals surface area contributed by atoms with Gasteiger partial charge in [0.05, 0.1) is 0 Å². The molecule has 0 spiro atoms. The van der Waals surface area contributed by atoms with Gasteiger partial charge >= 0.3 is 10.3 Å². The second-order valence-corrected chi connectivity index (χ2v) is 4.33. The van der Waals surface area contributed by atoms with E-state index in [0.29, 0.717) is 0 Å². The Morgan fingerprint density at radius 2 is 1.94 bits per heavy atom. The minimum atomic E-state index is -3.95. The minimum absolute atomic E-state index is 0.0371. The zero-order valence-corrected chi connectivity index (χ0v) is 8.76. The molecule has 0 saturated heterocycles. The fourth-order valence-electron chi connectivity index (χ4n) is 1.03. The van der Waals surface area contributed by atoms with E-state index in [1.54, 1.807) is 0 Å². The van der Waals surface area contributed by atoms with Crippen molar-refractivity contribution in [3.8, 4) is 5.75 Å². The summed E-state index contributed by atoms with van der Waals surface area (Å²) in [6.45, 7) is 0. The van der Waals surface area contributed by atoms with E-state index in [1.807, 2.05) is 0 Å². The quantitative estimate of drug-likeness (QED) is 0.811. The van der Waals surface area contributed by atoms with Crippen LogP contribution in [0.5, 0.6) is 5.75 Å². The lowest BCUT2D eigenvalue weighted by molar-refractivity contribution is 0.475. The molecule has 0 atom stereocenters. The monoisotopic (exact) mass is 242 g/mol. The van der Waals surface area contributed by atoms with E-state index in [9.17, 15) is 12.8 Å². The van der Waals surface area contributed by atoms with E-state index < -0.39 is 16.1 Å². The molecule has 1 aromatic carbocycles. The molecule has 0 aliphatic carbocycles. The van der Waals surface area contributed by atoms with Gasteiger partial charge < -0.3 is 4.18 Å². The van der Waals surface area contributed by atoms with E-state index in [2.05, 4.69) is 4.98 Å². The number of nitrogens with zero attached hydrogens (tertiary/aromatic N) is 2. The van der Waals surface area contributed by atoms with Gasteiger partial charge in [-0.15, -0.1) is 0 Å². The average Bonchev–Trinajstić information content (AvgIpc) is 2.75. The predicted octanol–water partition coefficient (Wildman–Crippen LogP) is 1.19. The molecule has 1 aromatic heterocycles. The van der Waals surface area contributed by atoms with Crippen molar-refractivity contribution in [1.29, 1.82) is 0 Å². The van der Waals surface area contributed by atoms with Gasteiger partial charge in [-0.3, -0.25) is 0 Å². The maximum Gasteiger partial charge on any atom is 0.414 e. The van der Waals surface area contributed by atoms with Gasteiger partial charge in [0.15, 0.2) is 0 Å². The molecule has 1 heterocycles. The molecule has 0 amide bonds. The average molecular weight is 242 g/mol. The molecule has 2 rings (SSSR count). The zero-order chi connectivity index (χ0) is 11.6. The van der Waals surface area contributed by atoms with Crippen LogP contribution in [0.15, 0.2) is 43.0 Å². The van der Waals surface area contributed by atoms with Crippen molar-refractivity contribution in [2.24, 2.45) is 0 Å². The molecule has 7 heteroatoms. The van der Waals surface area contributed by atoms with Crippen LogP contribution in [0.1, 0.15) is 0 Å². The summed E-state index contributed by atoms with van der Waals surface area (Å²) < 4.78 is 41.2. The Labute approximate surface area is 91.4 Å². The maximum atomic E-state index is 12.6. The van der Waals surface area contributed by atoms with Crippen LogP contribution in [0.25, 0.3) is 0 Å². The molecular weight excluding hydrogens is 235 g/mol. The highest BCUT2D eigenvalue weighted by Gasteiger charge is 2.14. The van der Waals surface area contributed by atoms with E-state index in [1.165, 1.54) is 24.5 Å². The number of halogens is 1. The lowest BCUT2D eigenvalue weighted by atomic mass is 10.3.